The normalized spacial score (nSPS) is 17.6. The second kappa shape index (κ2) is 6.92. The predicted molar refractivity (Wildman–Crippen MR) is 79.8 cm³/mol. The van der Waals surface area contributed by atoms with Gasteiger partial charge in [0.05, 0.1) is 7.11 Å². The molecule has 0 bridgehead atoms. The van der Waals surface area contributed by atoms with Crippen molar-refractivity contribution in [2.75, 3.05) is 33.3 Å². The molecule has 19 heavy (non-hydrogen) atoms. The van der Waals surface area contributed by atoms with E-state index in [9.17, 15) is 0 Å². The van der Waals surface area contributed by atoms with E-state index in [1.807, 2.05) is 0 Å². The first kappa shape index (κ1) is 14.4. The highest BCUT2D eigenvalue weighted by Gasteiger charge is 2.20. The number of ether oxygens (including phenoxy) is 1. The quantitative estimate of drug-likeness (QED) is 0.885. The second-order valence-corrected chi connectivity index (χ2v) is 5.33. The maximum absolute atomic E-state index is 5.62. The Bertz CT molecular complexity index is 398. The predicted octanol–water partition coefficient (Wildman–Crippen LogP) is 2.40. The lowest BCUT2D eigenvalue weighted by Gasteiger charge is -2.32. The van der Waals surface area contributed by atoms with Crippen molar-refractivity contribution in [2.45, 2.75) is 32.1 Å². The van der Waals surface area contributed by atoms with Crippen molar-refractivity contribution in [1.82, 2.24) is 4.90 Å². The highest BCUT2D eigenvalue weighted by atomic mass is 16.5. The summed E-state index contributed by atoms with van der Waals surface area (Å²) in [6.45, 7) is 6.35. The average Bonchev–Trinajstić information content (AvgIpc) is 2.47. The fourth-order valence-corrected chi connectivity index (χ4v) is 3.00. The number of rotatable bonds is 5. The molecule has 1 heterocycles. The van der Waals surface area contributed by atoms with Gasteiger partial charge in [-0.15, -0.1) is 0 Å². The summed E-state index contributed by atoms with van der Waals surface area (Å²) in [5.41, 5.74) is 8.42. The number of piperidine rings is 1. The van der Waals surface area contributed by atoms with E-state index in [-0.39, 0.29) is 0 Å². The van der Waals surface area contributed by atoms with Crippen LogP contribution in [0.25, 0.3) is 0 Å². The minimum Gasteiger partial charge on any atom is -0.496 e. The van der Waals surface area contributed by atoms with E-state index >= 15 is 0 Å². The van der Waals surface area contributed by atoms with E-state index in [2.05, 4.69) is 30.0 Å². The number of nitrogens with two attached hydrogens (primary N) is 1. The van der Waals surface area contributed by atoms with Gasteiger partial charge in [0, 0.05) is 13.1 Å². The van der Waals surface area contributed by atoms with Crippen molar-refractivity contribution >= 4 is 0 Å². The third-order valence-electron chi connectivity index (χ3n) is 4.19. The Kier molecular flexibility index (Phi) is 5.23. The fraction of sp³-hybridized carbons (Fsp3) is 0.625. The largest absolute Gasteiger partial charge is 0.496 e. The summed E-state index contributed by atoms with van der Waals surface area (Å²) in [6, 6.07) is 6.70. The van der Waals surface area contributed by atoms with Gasteiger partial charge in [-0.05, 0) is 55.5 Å². The van der Waals surface area contributed by atoms with Crippen LogP contribution in [0.1, 0.15) is 36.8 Å². The van der Waals surface area contributed by atoms with Gasteiger partial charge in [0.25, 0.3) is 0 Å². The zero-order valence-electron chi connectivity index (χ0n) is 12.2. The fourth-order valence-electron chi connectivity index (χ4n) is 3.00. The molecule has 2 N–H and O–H groups in total. The van der Waals surface area contributed by atoms with E-state index in [4.69, 9.17) is 10.5 Å². The number of nitrogens with zero attached hydrogens (tertiary/aromatic N) is 1. The first-order valence-corrected chi connectivity index (χ1v) is 7.37. The molecular formula is C16H26N2O. The Hall–Kier alpha value is -1.06. The van der Waals surface area contributed by atoms with Crippen LogP contribution in [0.2, 0.25) is 0 Å². The standard InChI is InChI=1S/C16H26N2O/c1-3-13-12-15(4-5-16(13)19-2)14-6-9-18(10-7-14)11-8-17/h4-5,12,14H,3,6-11,17H2,1-2H3. The highest BCUT2D eigenvalue weighted by Crippen LogP contribution is 2.31. The van der Waals surface area contributed by atoms with Crippen LogP contribution in [0.4, 0.5) is 0 Å². The molecule has 1 aliphatic heterocycles. The van der Waals surface area contributed by atoms with E-state index in [0.29, 0.717) is 5.92 Å². The van der Waals surface area contributed by atoms with Crippen LogP contribution in [-0.2, 0) is 6.42 Å². The molecule has 0 atom stereocenters. The van der Waals surface area contributed by atoms with Crippen molar-refractivity contribution < 1.29 is 4.74 Å². The number of benzene rings is 1. The molecule has 1 aromatic carbocycles. The van der Waals surface area contributed by atoms with Crippen molar-refractivity contribution in [3.63, 3.8) is 0 Å². The summed E-state index contributed by atoms with van der Waals surface area (Å²) in [5.74, 6) is 1.72. The van der Waals surface area contributed by atoms with Gasteiger partial charge in [0.15, 0.2) is 0 Å². The molecule has 1 aliphatic rings. The van der Waals surface area contributed by atoms with E-state index < -0.39 is 0 Å². The number of methoxy groups -OCH3 is 1. The Balaban J connectivity index is 2.03. The summed E-state index contributed by atoms with van der Waals surface area (Å²) in [5, 5.41) is 0. The van der Waals surface area contributed by atoms with Gasteiger partial charge in [-0.25, -0.2) is 0 Å². The monoisotopic (exact) mass is 262 g/mol. The molecular weight excluding hydrogens is 236 g/mol. The Labute approximate surface area is 116 Å². The van der Waals surface area contributed by atoms with Crippen LogP contribution in [-0.4, -0.2) is 38.2 Å². The van der Waals surface area contributed by atoms with Gasteiger partial charge >= 0.3 is 0 Å². The van der Waals surface area contributed by atoms with E-state index in [0.717, 1.165) is 25.3 Å². The summed E-state index contributed by atoms with van der Waals surface area (Å²) >= 11 is 0. The molecule has 2 rings (SSSR count). The summed E-state index contributed by atoms with van der Waals surface area (Å²) < 4.78 is 5.41. The molecule has 0 aromatic heterocycles. The third-order valence-corrected chi connectivity index (χ3v) is 4.19. The molecule has 1 saturated heterocycles. The lowest BCUT2D eigenvalue weighted by Crippen LogP contribution is -2.36. The molecule has 3 heteroatoms. The molecule has 3 nitrogen and oxygen atoms in total. The molecule has 0 amide bonds. The summed E-state index contributed by atoms with van der Waals surface area (Å²) in [6.07, 6.45) is 3.52. The second-order valence-electron chi connectivity index (χ2n) is 5.33. The van der Waals surface area contributed by atoms with Gasteiger partial charge in [0.1, 0.15) is 5.75 Å². The van der Waals surface area contributed by atoms with Crippen molar-refractivity contribution in [2.24, 2.45) is 5.73 Å². The molecule has 0 radical (unpaired) electrons. The number of hydrogen-bond acceptors (Lipinski definition) is 3. The topological polar surface area (TPSA) is 38.5 Å². The minimum atomic E-state index is 0.699. The number of hydrogen-bond donors (Lipinski definition) is 1. The maximum Gasteiger partial charge on any atom is 0.122 e. The average molecular weight is 262 g/mol. The van der Waals surface area contributed by atoms with Crippen LogP contribution in [0.15, 0.2) is 18.2 Å². The summed E-state index contributed by atoms with van der Waals surface area (Å²) in [4.78, 5) is 2.47. The molecule has 1 fully saturated rings. The Morgan fingerprint density at radius 3 is 2.63 bits per heavy atom. The molecule has 1 aromatic rings. The minimum absolute atomic E-state index is 0.699. The van der Waals surface area contributed by atoms with E-state index in [1.165, 1.54) is 37.1 Å². The lowest BCUT2D eigenvalue weighted by molar-refractivity contribution is 0.217. The summed E-state index contributed by atoms with van der Waals surface area (Å²) in [7, 11) is 1.75. The molecule has 0 aliphatic carbocycles. The zero-order chi connectivity index (χ0) is 13.7. The molecule has 106 valence electrons. The maximum atomic E-state index is 5.62. The zero-order valence-corrected chi connectivity index (χ0v) is 12.2. The van der Waals surface area contributed by atoms with Crippen LogP contribution in [0.3, 0.4) is 0 Å². The van der Waals surface area contributed by atoms with Crippen LogP contribution in [0.5, 0.6) is 5.75 Å². The van der Waals surface area contributed by atoms with Crippen LogP contribution >= 0.6 is 0 Å². The highest BCUT2D eigenvalue weighted by molar-refractivity contribution is 5.38. The number of likely N-dealkylation sites (tertiary alicyclic amines) is 1. The van der Waals surface area contributed by atoms with E-state index in [1.54, 1.807) is 7.11 Å². The van der Waals surface area contributed by atoms with Crippen LogP contribution in [0, 0.1) is 0 Å². The van der Waals surface area contributed by atoms with Gasteiger partial charge in [-0.1, -0.05) is 19.1 Å². The Morgan fingerprint density at radius 1 is 1.32 bits per heavy atom. The molecule has 0 saturated carbocycles. The molecule has 0 unspecified atom stereocenters. The van der Waals surface area contributed by atoms with Crippen molar-refractivity contribution in [3.8, 4) is 5.75 Å². The van der Waals surface area contributed by atoms with Crippen molar-refractivity contribution in [3.05, 3.63) is 29.3 Å². The van der Waals surface area contributed by atoms with Gasteiger partial charge in [-0.2, -0.15) is 0 Å². The smallest absolute Gasteiger partial charge is 0.122 e. The first-order valence-electron chi connectivity index (χ1n) is 7.37. The first-order chi connectivity index (χ1) is 9.28. The Morgan fingerprint density at radius 2 is 2.05 bits per heavy atom. The van der Waals surface area contributed by atoms with Gasteiger partial charge < -0.3 is 15.4 Å². The van der Waals surface area contributed by atoms with Crippen molar-refractivity contribution in [1.29, 1.82) is 0 Å². The third kappa shape index (κ3) is 3.48. The van der Waals surface area contributed by atoms with Crippen LogP contribution < -0.4 is 10.5 Å². The SMILES string of the molecule is CCc1cc(C2CCN(CCN)CC2)ccc1OC. The number of aryl methyl sites for hydroxylation is 1. The lowest BCUT2D eigenvalue weighted by atomic mass is 9.88. The van der Waals surface area contributed by atoms with Gasteiger partial charge in [0.2, 0.25) is 0 Å². The molecule has 0 spiro atoms. The van der Waals surface area contributed by atoms with Gasteiger partial charge in [-0.3, -0.25) is 0 Å².